The van der Waals surface area contributed by atoms with Gasteiger partial charge < -0.3 is 9.64 Å². The van der Waals surface area contributed by atoms with Crippen molar-refractivity contribution in [2.75, 3.05) is 32.8 Å². The molecule has 0 radical (unpaired) electrons. The van der Waals surface area contributed by atoms with Crippen molar-refractivity contribution in [2.24, 2.45) is 23.7 Å². The third-order valence-electron chi connectivity index (χ3n) is 5.76. The highest BCUT2D eigenvalue weighted by Gasteiger charge is 2.56. The Morgan fingerprint density at radius 3 is 2.13 bits per heavy atom. The molecule has 0 unspecified atom stereocenters. The number of hydrogen-bond acceptors (Lipinski definition) is 4. The average Bonchev–Trinajstić information content (AvgIpc) is 2.88. The molecule has 1 saturated carbocycles. The number of ether oxygens (including phenoxy) is 1. The van der Waals surface area contributed by atoms with Gasteiger partial charge in [-0.15, -0.1) is 0 Å². The van der Waals surface area contributed by atoms with Crippen LogP contribution in [-0.4, -0.2) is 60.4 Å². The summed E-state index contributed by atoms with van der Waals surface area (Å²) >= 11 is 0. The second kappa shape index (κ2) is 5.74. The molecule has 0 N–H and O–H groups in total. The first-order valence-electron chi connectivity index (χ1n) is 8.56. The Labute approximate surface area is 135 Å². The van der Waals surface area contributed by atoms with E-state index in [0.717, 1.165) is 12.8 Å². The molecule has 124 valence electrons. The number of rotatable bonds is 3. The zero-order chi connectivity index (χ0) is 16.0. The van der Waals surface area contributed by atoms with Crippen molar-refractivity contribution in [3.63, 3.8) is 0 Å². The predicted molar refractivity (Wildman–Crippen MR) is 81.1 cm³/mol. The Morgan fingerprint density at radius 2 is 1.61 bits per heavy atom. The van der Waals surface area contributed by atoms with Gasteiger partial charge in [0.15, 0.2) is 0 Å². The number of amides is 3. The van der Waals surface area contributed by atoms with E-state index in [1.807, 2.05) is 0 Å². The van der Waals surface area contributed by atoms with Crippen LogP contribution in [0.1, 0.15) is 19.3 Å². The minimum absolute atomic E-state index is 0.00451. The van der Waals surface area contributed by atoms with Crippen LogP contribution >= 0.6 is 0 Å². The lowest BCUT2D eigenvalue weighted by atomic mass is 9.63. The highest BCUT2D eigenvalue weighted by molar-refractivity contribution is 6.06. The minimum Gasteiger partial charge on any atom is -0.378 e. The van der Waals surface area contributed by atoms with Crippen LogP contribution in [0.4, 0.5) is 0 Å². The van der Waals surface area contributed by atoms with Crippen molar-refractivity contribution in [1.29, 1.82) is 0 Å². The molecule has 23 heavy (non-hydrogen) atoms. The summed E-state index contributed by atoms with van der Waals surface area (Å²) in [6.45, 7) is 2.54. The molecule has 5 rings (SSSR count). The molecule has 2 aliphatic heterocycles. The van der Waals surface area contributed by atoms with Gasteiger partial charge in [-0.3, -0.25) is 19.3 Å². The molecule has 0 spiro atoms. The van der Waals surface area contributed by atoms with E-state index in [1.54, 1.807) is 4.90 Å². The highest BCUT2D eigenvalue weighted by Crippen LogP contribution is 2.49. The minimum atomic E-state index is -0.176. The average molecular weight is 318 g/mol. The van der Waals surface area contributed by atoms with Gasteiger partial charge in [0.2, 0.25) is 17.7 Å². The van der Waals surface area contributed by atoms with Crippen molar-refractivity contribution in [3.05, 3.63) is 12.2 Å². The summed E-state index contributed by atoms with van der Waals surface area (Å²) < 4.78 is 5.24. The SMILES string of the molecule is O=C(CCN1C(=O)[C@@H]2[C@H](C1=O)[C@H]1C=C[C@H]2CC1)N1CCOCC1. The molecule has 4 atom stereocenters. The van der Waals surface area contributed by atoms with E-state index >= 15 is 0 Å². The van der Waals surface area contributed by atoms with Crippen molar-refractivity contribution >= 4 is 17.7 Å². The number of fused-ring (bicyclic) bond motifs is 1. The van der Waals surface area contributed by atoms with E-state index in [1.165, 1.54) is 4.90 Å². The molecule has 6 nitrogen and oxygen atoms in total. The van der Waals surface area contributed by atoms with Gasteiger partial charge in [0.05, 0.1) is 25.0 Å². The largest absolute Gasteiger partial charge is 0.378 e. The molecule has 0 aromatic rings. The molecule has 3 fully saturated rings. The Balaban J connectivity index is 1.41. The molecule has 6 heteroatoms. The Morgan fingerprint density at radius 1 is 1.04 bits per heavy atom. The zero-order valence-electron chi connectivity index (χ0n) is 13.1. The molecule has 2 heterocycles. The van der Waals surface area contributed by atoms with Gasteiger partial charge >= 0.3 is 0 Å². The van der Waals surface area contributed by atoms with Crippen LogP contribution in [0.2, 0.25) is 0 Å². The quantitative estimate of drug-likeness (QED) is 0.559. The molecule has 2 saturated heterocycles. The lowest BCUT2D eigenvalue weighted by molar-refractivity contribution is -0.141. The van der Waals surface area contributed by atoms with E-state index in [2.05, 4.69) is 12.2 Å². The number of carbonyl (C=O) groups excluding carboxylic acids is 3. The first kappa shape index (κ1) is 14.9. The van der Waals surface area contributed by atoms with Gasteiger partial charge in [0, 0.05) is 26.1 Å². The Kier molecular flexibility index (Phi) is 3.71. The second-order valence-corrected chi connectivity index (χ2v) is 6.91. The molecule has 2 bridgehead atoms. The van der Waals surface area contributed by atoms with E-state index in [-0.39, 0.29) is 54.4 Å². The van der Waals surface area contributed by atoms with Gasteiger partial charge in [0.1, 0.15) is 0 Å². The molecule has 5 aliphatic rings. The van der Waals surface area contributed by atoms with E-state index < -0.39 is 0 Å². The fraction of sp³-hybridized carbons (Fsp3) is 0.706. The van der Waals surface area contributed by atoms with Gasteiger partial charge in [-0.1, -0.05) is 12.2 Å². The third kappa shape index (κ3) is 2.40. The summed E-state index contributed by atoms with van der Waals surface area (Å²) in [5, 5.41) is 0. The summed E-state index contributed by atoms with van der Waals surface area (Å²) in [7, 11) is 0. The summed E-state index contributed by atoms with van der Waals surface area (Å²) in [5.74, 6) is -0.0511. The van der Waals surface area contributed by atoms with Gasteiger partial charge in [-0.25, -0.2) is 0 Å². The first-order chi connectivity index (χ1) is 11.2. The fourth-order valence-electron chi connectivity index (χ4n) is 4.53. The standard InChI is InChI=1S/C17H22N2O4/c20-13(18-7-9-23-10-8-18)5-6-19-16(21)14-11-1-2-12(4-3-11)15(14)17(19)22/h1-2,11-12,14-15H,3-10H2/t11-,12-,14-,15+/m0/s1. The molecule has 3 aliphatic carbocycles. The molecule has 3 amide bonds. The normalized spacial score (nSPS) is 35.8. The summed E-state index contributed by atoms with van der Waals surface area (Å²) in [5.41, 5.74) is 0. The van der Waals surface area contributed by atoms with Gasteiger partial charge in [-0.2, -0.15) is 0 Å². The van der Waals surface area contributed by atoms with E-state index in [0.29, 0.717) is 26.3 Å². The Hall–Kier alpha value is -1.69. The van der Waals surface area contributed by atoms with Crippen LogP contribution in [0.3, 0.4) is 0 Å². The summed E-state index contributed by atoms with van der Waals surface area (Å²) in [4.78, 5) is 40.7. The smallest absolute Gasteiger partial charge is 0.233 e. The predicted octanol–water partition coefficient (Wildman–Crippen LogP) is 0.433. The van der Waals surface area contributed by atoms with Crippen LogP contribution in [-0.2, 0) is 19.1 Å². The fourth-order valence-corrected chi connectivity index (χ4v) is 4.53. The number of nitrogens with zero attached hydrogens (tertiary/aromatic N) is 2. The molecule has 0 aromatic heterocycles. The maximum Gasteiger partial charge on any atom is 0.233 e. The van der Waals surface area contributed by atoms with Crippen molar-refractivity contribution in [1.82, 2.24) is 9.80 Å². The van der Waals surface area contributed by atoms with Crippen LogP contribution in [0, 0.1) is 23.7 Å². The van der Waals surface area contributed by atoms with Crippen molar-refractivity contribution < 1.29 is 19.1 Å². The third-order valence-corrected chi connectivity index (χ3v) is 5.76. The van der Waals surface area contributed by atoms with Gasteiger partial charge in [0.25, 0.3) is 0 Å². The topological polar surface area (TPSA) is 66.9 Å². The van der Waals surface area contributed by atoms with Crippen LogP contribution in [0.25, 0.3) is 0 Å². The molecule has 0 aromatic carbocycles. The number of morpholine rings is 1. The lowest BCUT2D eigenvalue weighted by Crippen LogP contribution is -2.42. The van der Waals surface area contributed by atoms with Crippen LogP contribution in [0.15, 0.2) is 12.2 Å². The Bertz CT molecular complexity index is 535. The van der Waals surface area contributed by atoms with Crippen LogP contribution < -0.4 is 0 Å². The van der Waals surface area contributed by atoms with E-state index in [9.17, 15) is 14.4 Å². The summed E-state index contributed by atoms with van der Waals surface area (Å²) in [6.07, 6.45) is 6.45. The lowest BCUT2D eigenvalue weighted by Gasteiger charge is -2.38. The maximum atomic E-state index is 12.7. The first-order valence-corrected chi connectivity index (χ1v) is 8.56. The summed E-state index contributed by atoms with van der Waals surface area (Å²) in [6, 6.07) is 0. The highest BCUT2D eigenvalue weighted by atomic mass is 16.5. The number of hydrogen-bond donors (Lipinski definition) is 0. The zero-order valence-corrected chi connectivity index (χ0v) is 13.1. The number of likely N-dealkylation sites (tertiary alicyclic amines) is 1. The van der Waals surface area contributed by atoms with Crippen LogP contribution in [0.5, 0.6) is 0 Å². The number of allylic oxidation sites excluding steroid dienone is 2. The van der Waals surface area contributed by atoms with E-state index in [4.69, 9.17) is 4.74 Å². The molecular formula is C17H22N2O4. The maximum absolute atomic E-state index is 12.7. The second-order valence-electron chi connectivity index (χ2n) is 6.91. The monoisotopic (exact) mass is 318 g/mol. The number of carbonyl (C=O) groups is 3. The number of imide groups is 1. The molecular weight excluding hydrogens is 296 g/mol. The van der Waals surface area contributed by atoms with Crippen molar-refractivity contribution in [3.8, 4) is 0 Å². The van der Waals surface area contributed by atoms with Gasteiger partial charge in [-0.05, 0) is 24.7 Å². The van der Waals surface area contributed by atoms with Crippen molar-refractivity contribution in [2.45, 2.75) is 19.3 Å².